The van der Waals surface area contributed by atoms with E-state index in [1.807, 2.05) is 48.7 Å². The van der Waals surface area contributed by atoms with E-state index in [1.54, 1.807) is 47.7 Å². The summed E-state index contributed by atoms with van der Waals surface area (Å²) < 4.78 is 7.15. The van der Waals surface area contributed by atoms with Crippen LogP contribution in [0, 0.1) is 0 Å². The van der Waals surface area contributed by atoms with E-state index in [0.29, 0.717) is 34.5 Å². The van der Waals surface area contributed by atoms with Crippen LogP contribution in [0.4, 0.5) is 11.6 Å². The SMILES string of the molecule is COc1ccccc1NC(=O)C1=C(C)Nc2nc(-c3cccs3)nn2[C@H]1c1ccncc1. The Morgan fingerprint density at radius 3 is 2.72 bits per heavy atom. The average Bonchev–Trinajstić information content (AvgIpc) is 3.49. The third kappa shape index (κ3) is 3.52. The second kappa shape index (κ2) is 8.27. The van der Waals surface area contributed by atoms with Crippen LogP contribution < -0.4 is 15.4 Å². The quantitative estimate of drug-likeness (QED) is 0.476. The first-order valence-corrected chi connectivity index (χ1v) is 10.9. The first kappa shape index (κ1) is 20.0. The summed E-state index contributed by atoms with van der Waals surface area (Å²) in [5.74, 6) is 1.53. The van der Waals surface area contributed by atoms with Gasteiger partial charge in [-0.15, -0.1) is 16.4 Å². The minimum absolute atomic E-state index is 0.250. The molecule has 4 aromatic rings. The number of amides is 1. The second-order valence-corrected chi connectivity index (χ2v) is 8.13. The van der Waals surface area contributed by atoms with Crippen LogP contribution in [0.3, 0.4) is 0 Å². The largest absolute Gasteiger partial charge is 0.495 e. The van der Waals surface area contributed by atoms with E-state index in [1.165, 1.54) is 0 Å². The molecule has 0 fully saturated rings. The van der Waals surface area contributed by atoms with Crippen molar-refractivity contribution in [2.24, 2.45) is 0 Å². The average molecular weight is 445 g/mol. The normalized spacial score (nSPS) is 15.1. The van der Waals surface area contributed by atoms with E-state index in [0.717, 1.165) is 10.4 Å². The molecule has 8 nitrogen and oxygen atoms in total. The Bertz CT molecular complexity index is 1300. The van der Waals surface area contributed by atoms with Crippen LogP contribution in [0.15, 0.2) is 77.6 Å². The number of hydrogen-bond donors (Lipinski definition) is 2. The number of pyridine rings is 1. The number of ether oxygens (including phenoxy) is 1. The van der Waals surface area contributed by atoms with Crippen molar-refractivity contribution in [3.05, 3.63) is 83.1 Å². The van der Waals surface area contributed by atoms with Crippen LogP contribution in [0.2, 0.25) is 0 Å². The summed E-state index contributed by atoms with van der Waals surface area (Å²) >= 11 is 1.57. The number of nitrogens with one attached hydrogen (secondary N) is 2. The van der Waals surface area contributed by atoms with Crippen molar-refractivity contribution in [2.45, 2.75) is 13.0 Å². The smallest absolute Gasteiger partial charge is 0.255 e. The molecule has 1 aliphatic rings. The maximum absolute atomic E-state index is 13.5. The molecular formula is C23H20N6O2S. The second-order valence-electron chi connectivity index (χ2n) is 7.18. The van der Waals surface area contributed by atoms with E-state index in [2.05, 4.69) is 20.6 Å². The number of aromatic nitrogens is 4. The van der Waals surface area contributed by atoms with Gasteiger partial charge in [-0.25, -0.2) is 4.68 Å². The van der Waals surface area contributed by atoms with Gasteiger partial charge in [-0.2, -0.15) is 4.98 Å². The fraction of sp³-hybridized carbons (Fsp3) is 0.130. The number of rotatable bonds is 5. The maximum Gasteiger partial charge on any atom is 0.255 e. The minimum Gasteiger partial charge on any atom is -0.495 e. The lowest BCUT2D eigenvalue weighted by Crippen LogP contribution is -2.31. The third-order valence-electron chi connectivity index (χ3n) is 5.22. The first-order chi connectivity index (χ1) is 15.7. The van der Waals surface area contributed by atoms with E-state index < -0.39 is 6.04 Å². The van der Waals surface area contributed by atoms with Crippen LogP contribution >= 0.6 is 11.3 Å². The third-order valence-corrected chi connectivity index (χ3v) is 6.08. The zero-order valence-corrected chi connectivity index (χ0v) is 18.3. The number of benzene rings is 1. The number of methoxy groups -OCH3 is 1. The van der Waals surface area contributed by atoms with Crippen molar-refractivity contribution in [3.63, 3.8) is 0 Å². The molecule has 160 valence electrons. The number of carbonyl (C=O) groups excluding carboxylic acids is 1. The van der Waals surface area contributed by atoms with E-state index >= 15 is 0 Å². The number of thiophene rings is 1. The molecule has 0 aliphatic carbocycles. The Balaban J connectivity index is 1.59. The van der Waals surface area contributed by atoms with Crippen molar-refractivity contribution < 1.29 is 9.53 Å². The Morgan fingerprint density at radius 2 is 1.97 bits per heavy atom. The summed E-state index contributed by atoms with van der Waals surface area (Å²) in [7, 11) is 1.57. The molecule has 1 aliphatic heterocycles. The van der Waals surface area contributed by atoms with Gasteiger partial charge >= 0.3 is 0 Å². The molecule has 0 bridgehead atoms. The number of para-hydroxylation sites is 2. The van der Waals surface area contributed by atoms with Gasteiger partial charge in [0.1, 0.15) is 11.8 Å². The van der Waals surface area contributed by atoms with Gasteiger partial charge in [0.2, 0.25) is 5.95 Å². The van der Waals surface area contributed by atoms with Gasteiger partial charge in [0.05, 0.1) is 23.2 Å². The van der Waals surface area contributed by atoms with Crippen molar-refractivity contribution in [2.75, 3.05) is 17.7 Å². The number of carbonyl (C=O) groups is 1. The van der Waals surface area contributed by atoms with Gasteiger partial charge < -0.3 is 15.4 Å². The van der Waals surface area contributed by atoms with Gasteiger partial charge in [0.25, 0.3) is 5.91 Å². The number of hydrogen-bond acceptors (Lipinski definition) is 7. The molecule has 1 atom stereocenters. The van der Waals surface area contributed by atoms with Crippen molar-refractivity contribution >= 4 is 28.9 Å². The number of allylic oxidation sites excluding steroid dienone is 1. The molecule has 2 N–H and O–H groups in total. The first-order valence-electron chi connectivity index (χ1n) is 9.98. The predicted molar refractivity (Wildman–Crippen MR) is 124 cm³/mol. The van der Waals surface area contributed by atoms with Crippen LogP contribution in [0.1, 0.15) is 18.5 Å². The molecule has 5 rings (SSSR count). The molecule has 0 saturated carbocycles. The molecule has 0 unspecified atom stereocenters. The number of anilines is 2. The lowest BCUT2D eigenvalue weighted by Gasteiger charge is -2.28. The van der Waals surface area contributed by atoms with Gasteiger partial charge in [-0.3, -0.25) is 9.78 Å². The summed E-state index contributed by atoms with van der Waals surface area (Å²) in [6.45, 7) is 1.87. The molecule has 0 saturated heterocycles. The van der Waals surface area contributed by atoms with Gasteiger partial charge in [-0.05, 0) is 48.2 Å². The fourth-order valence-corrected chi connectivity index (χ4v) is 4.40. The maximum atomic E-state index is 13.5. The lowest BCUT2D eigenvalue weighted by atomic mass is 9.96. The van der Waals surface area contributed by atoms with Crippen LogP contribution in [-0.4, -0.2) is 32.8 Å². The Kier molecular flexibility index (Phi) is 5.16. The fourth-order valence-electron chi connectivity index (χ4n) is 3.75. The van der Waals surface area contributed by atoms with E-state index in [4.69, 9.17) is 9.84 Å². The zero-order valence-electron chi connectivity index (χ0n) is 17.4. The highest BCUT2D eigenvalue weighted by molar-refractivity contribution is 7.13. The van der Waals surface area contributed by atoms with E-state index in [9.17, 15) is 4.79 Å². The minimum atomic E-state index is -0.467. The number of fused-ring (bicyclic) bond motifs is 1. The van der Waals surface area contributed by atoms with Crippen molar-refractivity contribution in [1.82, 2.24) is 19.7 Å². The molecule has 1 amide bonds. The lowest BCUT2D eigenvalue weighted by molar-refractivity contribution is -0.113. The van der Waals surface area contributed by atoms with E-state index in [-0.39, 0.29) is 5.91 Å². The molecule has 9 heteroatoms. The predicted octanol–water partition coefficient (Wildman–Crippen LogP) is 4.34. The molecule has 32 heavy (non-hydrogen) atoms. The summed E-state index contributed by atoms with van der Waals surface area (Å²) in [6, 6.07) is 14.6. The molecule has 4 heterocycles. The van der Waals surface area contributed by atoms with Crippen molar-refractivity contribution in [1.29, 1.82) is 0 Å². The van der Waals surface area contributed by atoms with Crippen LogP contribution in [-0.2, 0) is 4.79 Å². The van der Waals surface area contributed by atoms with Crippen LogP contribution in [0.5, 0.6) is 5.75 Å². The van der Waals surface area contributed by atoms with Gasteiger partial charge in [-0.1, -0.05) is 18.2 Å². The standard InChI is InChI=1S/C23H20N6O2S/c1-14-19(22(30)26-16-6-3-4-7-17(16)31-2)20(15-9-11-24-12-10-15)29-23(25-14)27-21(28-29)18-8-5-13-32-18/h3-13,20H,1-2H3,(H,26,30)(H,25,27,28)/t20-/m0/s1. The highest BCUT2D eigenvalue weighted by Crippen LogP contribution is 2.37. The monoisotopic (exact) mass is 444 g/mol. The Hall–Kier alpha value is -3.98. The van der Waals surface area contributed by atoms with Crippen LogP contribution in [0.25, 0.3) is 10.7 Å². The van der Waals surface area contributed by atoms with Crippen molar-refractivity contribution in [3.8, 4) is 16.5 Å². The highest BCUT2D eigenvalue weighted by atomic mass is 32.1. The molecule has 0 spiro atoms. The Labute approximate surface area is 188 Å². The zero-order chi connectivity index (χ0) is 22.1. The number of nitrogens with zero attached hydrogens (tertiary/aromatic N) is 4. The van der Waals surface area contributed by atoms with Gasteiger partial charge in [0, 0.05) is 18.1 Å². The molecular weight excluding hydrogens is 424 g/mol. The summed E-state index contributed by atoms with van der Waals surface area (Å²) in [6.07, 6.45) is 3.42. The summed E-state index contributed by atoms with van der Waals surface area (Å²) in [5.41, 5.74) is 2.72. The topological polar surface area (TPSA) is 94.0 Å². The molecule has 3 aromatic heterocycles. The van der Waals surface area contributed by atoms with Gasteiger partial charge in [0.15, 0.2) is 5.82 Å². The summed E-state index contributed by atoms with van der Waals surface area (Å²) in [5, 5.41) is 13.0. The highest BCUT2D eigenvalue weighted by Gasteiger charge is 2.34. The molecule has 1 aromatic carbocycles. The Morgan fingerprint density at radius 1 is 1.16 bits per heavy atom. The molecule has 0 radical (unpaired) electrons. The summed E-state index contributed by atoms with van der Waals surface area (Å²) in [4.78, 5) is 23.3.